The Balaban J connectivity index is 2.78. The van der Waals surface area contributed by atoms with E-state index in [1.165, 1.54) is 0 Å². The third-order valence-corrected chi connectivity index (χ3v) is 2.81. The molecule has 0 saturated heterocycles. The normalized spacial score (nSPS) is 20.5. The van der Waals surface area contributed by atoms with E-state index in [-0.39, 0.29) is 0 Å². The number of carbonyl (C=O) groups excluding carboxylic acids is 1. The first-order chi connectivity index (χ1) is 6.53. The quantitative estimate of drug-likeness (QED) is 0.406. The first-order valence-electron chi connectivity index (χ1n) is 5.07. The van der Waals surface area contributed by atoms with Gasteiger partial charge < -0.3 is 4.43 Å². The fraction of sp³-hybridized carbons (Fsp3) is 0.545. The molecule has 0 N–H and O–H groups in total. The van der Waals surface area contributed by atoms with Crippen LogP contribution < -0.4 is 0 Å². The van der Waals surface area contributed by atoms with Gasteiger partial charge in [0.2, 0.25) is 8.32 Å². The fourth-order valence-corrected chi connectivity index (χ4v) is 2.34. The van der Waals surface area contributed by atoms with Gasteiger partial charge >= 0.3 is 0 Å². The van der Waals surface area contributed by atoms with Crippen LogP contribution in [0.2, 0.25) is 19.6 Å². The smallest absolute Gasteiger partial charge is 0.242 e. The molecule has 0 unspecified atom stereocenters. The van der Waals surface area contributed by atoms with Crippen LogP contribution >= 0.6 is 0 Å². The van der Waals surface area contributed by atoms with E-state index in [1.54, 1.807) is 6.08 Å². The van der Waals surface area contributed by atoms with Gasteiger partial charge in [-0.1, -0.05) is 0 Å². The average molecular weight is 210 g/mol. The second-order valence-electron chi connectivity index (χ2n) is 4.50. The molecule has 0 heterocycles. The summed E-state index contributed by atoms with van der Waals surface area (Å²) in [4.78, 5) is 10.4. The van der Waals surface area contributed by atoms with Crippen molar-refractivity contribution in [2.45, 2.75) is 38.9 Å². The zero-order valence-corrected chi connectivity index (χ0v) is 10.2. The molecule has 0 fully saturated rings. The zero-order chi connectivity index (χ0) is 10.6. The molecule has 1 aliphatic rings. The lowest BCUT2D eigenvalue weighted by Gasteiger charge is -2.25. The van der Waals surface area contributed by atoms with Gasteiger partial charge in [-0.2, -0.15) is 0 Å². The van der Waals surface area contributed by atoms with Crippen molar-refractivity contribution in [3.63, 3.8) is 0 Å². The van der Waals surface area contributed by atoms with Crippen LogP contribution in [0.5, 0.6) is 0 Å². The van der Waals surface area contributed by atoms with Gasteiger partial charge in [-0.15, -0.1) is 0 Å². The molecule has 0 bridgehead atoms. The van der Waals surface area contributed by atoms with Crippen molar-refractivity contribution in [1.82, 2.24) is 0 Å². The van der Waals surface area contributed by atoms with Gasteiger partial charge in [-0.3, -0.25) is 4.79 Å². The Kier molecular flexibility index (Phi) is 3.69. The Bertz CT molecular complexity index is 272. The highest BCUT2D eigenvalue weighted by Gasteiger charge is 2.20. The van der Waals surface area contributed by atoms with Crippen LogP contribution in [0.1, 0.15) is 19.3 Å². The molecule has 1 rings (SSSR count). The molecule has 0 saturated carbocycles. The largest absolute Gasteiger partial charge is 0.544 e. The van der Waals surface area contributed by atoms with Gasteiger partial charge in [0, 0.05) is 0 Å². The molecule has 0 aromatic heterocycles. The number of aldehydes is 1. The second kappa shape index (κ2) is 4.60. The average Bonchev–Trinajstić information content (AvgIpc) is 2.06. The standard InChI is InChI=1S/C11H18O2Si/c1-14(2,3)13-11-7-5-4-6-10(11)8-9-12/h7-9H,4-6H2,1-3H3/b10-8+. The molecule has 0 aromatic rings. The highest BCUT2D eigenvalue weighted by atomic mass is 28.4. The molecule has 78 valence electrons. The highest BCUT2D eigenvalue weighted by Crippen LogP contribution is 2.27. The minimum Gasteiger partial charge on any atom is -0.544 e. The maximum Gasteiger partial charge on any atom is 0.242 e. The van der Waals surface area contributed by atoms with E-state index in [1.807, 2.05) is 0 Å². The second-order valence-corrected chi connectivity index (χ2v) is 8.93. The van der Waals surface area contributed by atoms with E-state index in [0.29, 0.717) is 0 Å². The Morgan fingerprint density at radius 3 is 2.71 bits per heavy atom. The van der Waals surface area contributed by atoms with Crippen LogP contribution in [0.15, 0.2) is 23.5 Å². The Hall–Kier alpha value is -0.833. The molecule has 3 heteroatoms. The third-order valence-electron chi connectivity index (χ3n) is 1.98. The summed E-state index contributed by atoms with van der Waals surface area (Å²) in [6.07, 6.45) is 7.74. The minimum absolute atomic E-state index is 0.849. The topological polar surface area (TPSA) is 26.3 Å². The summed E-state index contributed by atoms with van der Waals surface area (Å²) in [5.74, 6) is 0.947. The molecule has 1 aliphatic carbocycles. The van der Waals surface area contributed by atoms with Crippen LogP contribution in [0.3, 0.4) is 0 Å². The molecular formula is C11H18O2Si. The maximum atomic E-state index is 10.4. The molecule has 0 aromatic carbocycles. The monoisotopic (exact) mass is 210 g/mol. The van der Waals surface area contributed by atoms with Crippen molar-refractivity contribution in [3.8, 4) is 0 Å². The molecule has 2 nitrogen and oxygen atoms in total. The lowest BCUT2D eigenvalue weighted by molar-refractivity contribution is -0.104. The summed E-state index contributed by atoms with van der Waals surface area (Å²) in [6.45, 7) is 6.46. The van der Waals surface area contributed by atoms with E-state index in [9.17, 15) is 4.79 Å². The van der Waals surface area contributed by atoms with Crippen LogP contribution in [0.25, 0.3) is 0 Å². The van der Waals surface area contributed by atoms with Crippen molar-refractivity contribution in [2.75, 3.05) is 0 Å². The van der Waals surface area contributed by atoms with Crippen molar-refractivity contribution in [1.29, 1.82) is 0 Å². The summed E-state index contributed by atoms with van der Waals surface area (Å²) in [7, 11) is -1.54. The predicted molar refractivity (Wildman–Crippen MR) is 60.5 cm³/mol. The first kappa shape index (κ1) is 11.2. The highest BCUT2D eigenvalue weighted by molar-refractivity contribution is 6.70. The number of rotatable bonds is 3. The Morgan fingerprint density at radius 1 is 1.43 bits per heavy atom. The molecule has 14 heavy (non-hydrogen) atoms. The fourth-order valence-electron chi connectivity index (χ4n) is 1.46. The number of hydrogen-bond donors (Lipinski definition) is 0. The van der Waals surface area contributed by atoms with Crippen LogP contribution in [-0.4, -0.2) is 14.6 Å². The van der Waals surface area contributed by atoms with Gasteiger partial charge in [-0.25, -0.2) is 0 Å². The summed E-state index contributed by atoms with van der Waals surface area (Å²) in [5, 5.41) is 0. The van der Waals surface area contributed by atoms with Crippen molar-refractivity contribution >= 4 is 14.6 Å². The summed E-state index contributed by atoms with van der Waals surface area (Å²) in [6, 6.07) is 0. The Morgan fingerprint density at radius 2 is 2.14 bits per heavy atom. The van der Waals surface area contributed by atoms with E-state index < -0.39 is 8.32 Å². The van der Waals surface area contributed by atoms with Crippen molar-refractivity contribution < 1.29 is 9.22 Å². The van der Waals surface area contributed by atoms with Gasteiger partial charge in [-0.05, 0) is 56.6 Å². The van der Waals surface area contributed by atoms with Gasteiger partial charge in [0.1, 0.15) is 12.0 Å². The molecular weight excluding hydrogens is 192 g/mol. The summed E-state index contributed by atoms with van der Waals surface area (Å²) in [5.41, 5.74) is 1.06. The van der Waals surface area contributed by atoms with E-state index in [0.717, 1.165) is 36.9 Å². The van der Waals surface area contributed by atoms with Gasteiger partial charge in [0.15, 0.2) is 0 Å². The first-order valence-corrected chi connectivity index (χ1v) is 8.47. The lowest BCUT2D eigenvalue weighted by Crippen LogP contribution is -2.26. The minimum atomic E-state index is -1.54. The van der Waals surface area contributed by atoms with Gasteiger partial charge in [0.25, 0.3) is 0 Å². The van der Waals surface area contributed by atoms with Crippen molar-refractivity contribution in [3.05, 3.63) is 23.5 Å². The molecule has 0 amide bonds. The van der Waals surface area contributed by atoms with E-state index in [4.69, 9.17) is 4.43 Å². The van der Waals surface area contributed by atoms with Crippen LogP contribution in [-0.2, 0) is 9.22 Å². The van der Waals surface area contributed by atoms with Crippen LogP contribution in [0, 0.1) is 0 Å². The predicted octanol–water partition coefficient (Wildman–Crippen LogP) is 3.03. The molecule has 0 aliphatic heterocycles. The summed E-state index contributed by atoms with van der Waals surface area (Å²) >= 11 is 0. The number of carbonyl (C=O) groups is 1. The third kappa shape index (κ3) is 3.50. The van der Waals surface area contributed by atoms with E-state index in [2.05, 4.69) is 25.7 Å². The van der Waals surface area contributed by atoms with Crippen LogP contribution in [0.4, 0.5) is 0 Å². The SMILES string of the molecule is C[Si](C)(C)OC1=CCCC/C1=C\C=O. The molecule has 0 radical (unpaired) electrons. The summed E-state index contributed by atoms with van der Waals surface area (Å²) < 4.78 is 5.92. The van der Waals surface area contributed by atoms with E-state index >= 15 is 0 Å². The number of hydrogen-bond acceptors (Lipinski definition) is 2. The zero-order valence-electron chi connectivity index (χ0n) is 9.17. The lowest BCUT2D eigenvalue weighted by atomic mass is 10.0. The molecule has 0 atom stereocenters. The molecule has 0 spiro atoms. The maximum absolute atomic E-state index is 10.4. The Labute approximate surface area is 86.8 Å². The number of allylic oxidation sites excluding steroid dienone is 3. The van der Waals surface area contributed by atoms with Crippen molar-refractivity contribution in [2.24, 2.45) is 0 Å². The van der Waals surface area contributed by atoms with Gasteiger partial charge in [0.05, 0.1) is 0 Å².